The van der Waals surface area contributed by atoms with E-state index in [-0.39, 0.29) is 17.9 Å². The van der Waals surface area contributed by atoms with E-state index in [1.165, 1.54) is 0 Å². The van der Waals surface area contributed by atoms with Crippen LogP contribution in [0.15, 0.2) is 53.5 Å². The van der Waals surface area contributed by atoms with Gasteiger partial charge in [-0.2, -0.15) is 0 Å². The van der Waals surface area contributed by atoms with Crippen LogP contribution in [0.25, 0.3) is 0 Å². The number of nitrogens with one attached hydrogen (secondary N) is 2. The molecule has 0 aromatic heterocycles. The van der Waals surface area contributed by atoms with Gasteiger partial charge in [-0.05, 0) is 50.1 Å². The summed E-state index contributed by atoms with van der Waals surface area (Å²) < 4.78 is 6.03. The second-order valence-corrected chi connectivity index (χ2v) is 7.37. The summed E-state index contributed by atoms with van der Waals surface area (Å²) in [7, 11) is 0. The van der Waals surface area contributed by atoms with Crippen molar-refractivity contribution in [2.24, 2.45) is 4.99 Å². The van der Waals surface area contributed by atoms with Crippen LogP contribution in [0.2, 0.25) is 0 Å². The van der Waals surface area contributed by atoms with Crippen LogP contribution in [0.1, 0.15) is 31.7 Å². The largest absolute Gasteiger partial charge is 0.491 e. The number of guanidine groups is 1. The highest BCUT2D eigenvalue weighted by Crippen LogP contribution is 2.31. The van der Waals surface area contributed by atoms with E-state index in [4.69, 9.17) is 4.74 Å². The minimum Gasteiger partial charge on any atom is -0.491 e. The standard InChI is InChI=1S/C22H24N4O3/c1-15(6-5-9-20(27)23-17-7-3-2-4-8-17)29-18-10-11-19-16(12-18)13-26-14-21(28)25-22(26)24-19/h2-4,7-8,10-12,15H,5-6,9,13-14H2,1H3,(H,23,27)(H,24,25,28). The summed E-state index contributed by atoms with van der Waals surface area (Å²) in [6, 6.07) is 15.3. The SMILES string of the molecule is CC(CCCC(=O)Nc1ccccc1)Oc1ccc2c(c1)CN1CC(=O)NC1=N2. The summed E-state index contributed by atoms with van der Waals surface area (Å²) in [5.74, 6) is 1.39. The lowest BCUT2D eigenvalue weighted by Crippen LogP contribution is -2.32. The van der Waals surface area contributed by atoms with Crippen LogP contribution in [-0.2, 0) is 16.1 Å². The van der Waals surface area contributed by atoms with Gasteiger partial charge in [-0.1, -0.05) is 18.2 Å². The topological polar surface area (TPSA) is 83.0 Å². The van der Waals surface area contributed by atoms with Gasteiger partial charge in [-0.15, -0.1) is 0 Å². The quantitative estimate of drug-likeness (QED) is 0.758. The Balaban J connectivity index is 1.25. The van der Waals surface area contributed by atoms with Gasteiger partial charge in [0.2, 0.25) is 17.8 Å². The number of hydrogen-bond donors (Lipinski definition) is 2. The number of carbonyl (C=O) groups is 2. The highest BCUT2D eigenvalue weighted by atomic mass is 16.5. The number of ether oxygens (including phenoxy) is 1. The van der Waals surface area contributed by atoms with Gasteiger partial charge in [0.25, 0.3) is 0 Å². The molecule has 29 heavy (non-hydrogen) atoms. The maximum Gasteiger partial charge on any atom is 0.246 e. The molecule has 1 saturated heterocycles. The molecule has 1 atom stereocenters. The van der Waals surface area contributed by atoms with Crippen molar-refractivity contribution in [2.45, 2.75) is 38.8 Å². The Morgan fingerprint density at radius 1 is 1.24 bits per heavy atom. The Kier molecular flexibility index (Phi) is 5.46. The van der Waals surface area contributed by atoms with Crippen molar-refractivity contribution in [2.75, 3.05) is 11.9 Å². The van der Waals surface area contributed by atoms with Crippen molar-refractivity contribution in [1.82, 2.24) is 10.2 Å². The van der Waals surface area contributed by atoms with Crippen molar-refractivity contribution in [3.63, 3.8) is 0 Å². The molecule has 0 radical (unpaired) electrons. The van der Waals surface area contributed by atoms with Crippen LogP contribution in [0, 0.1) is 0 Å². The molecule has 0 spiro atoms. The predicted octanol–water partition coefficient (Wildman–Crippen LogP) is 3.20. The molecule has 1 unspecified atom stereocenters. The first-order valence-corrected chi connectivity index (χ1v) is 9.85. The molecule has 7 heteroatoms. The molecule has 2 aromatic carbocycles. The monoisotopic (exact) mass is 392 g/mol. The summed E-state index contributed by atoms with van der Waals surface area (Å²) in [6.45, 7) is 2.98. The zero-order chi connectivity index (χ0) is 20.2. The molecular formula is C22H24N4O3. The summed E-state index contributed by atoms with van der Waals surface area (Å²) >= 11 is 0. The summed E-state index contributed by atoms with van der Waals surface area (Å²) in [4.78, 5) is 30.0. The van der Waals surface area contributed by atoms with Crippen LogP contribution in [0.5, 0.6) is 5.75 Å². The Bertz CT molecular complexity index is 942. The van der Waals surface area contributed by atoms with Gasteiger partial charge in [-0.25, -0.2) is 4.99 Å². The van der Waals surface area contributed by atoms with Crippen LogP contribution in [-0.4, -0.2) is 35.3 Å². The number of fused-ring (bicyclic) bond motifs is 2. The Labute approximate surface area is 169 Å². The lowest BCUT2D eigenvalue weighted by atomic mass is 10.1. The number of rotatable bonds is 7. The number of aliphatic imine (C=N–C) groups is 1. The fourth-order valence-corrected chi connectivity index (χ4v) is 3.50. The number of para-hydroxylation sites is 1. The molecule has 2 amide bonds. The molecule has 2 heterocycles. The van der Waals surface area contributed by atoms with E-state index in [0.29, 0.717) is 25.5 Å². The minimum absolute atomic E-state index is 0.00439. The van der Waals surface area contributed by atoms with E-state index in [1.54, 1.807) is 0 Å². The van der Waals surface area contributed by atoms with Crippen molar-refractivity contribution < 1.29 is 14.3 Å². The maximum atomic E-state index is 12.0. The molecular weight excluding hydrogens is 368 g/mol. The number of anilines is 1. The fraction of sp³-hybridized carbons (Fsp3) is 0.318. The Morgan fingerprint density at radius 3 is 2.90 bits per heavy atom. The highest BCUT2D eigenvalue weighted by Gasteiger charge is 2.29. The van der Waals surface area contributed by atoms with Crippen molar-refractivity contribution in [3.05, 3.63) is 54.1 Å². The molecule has 1 fully saturated rings. The van der Waals surface area contributed by atoms with Crippen LogP contribution in [0.4, 0.5) is 11.4 Å². The highest BCUT2D eigenvalue weighted by molar-refractivity contribution is 6.05. The molecule has 2 N–H and O–H groups in total. The van der Waals surface area contributed by atoms with E-state index in [9.17, 15) is 9.59 Å². The smallest absolute Gasteiger partial charge is 0.246 e. The van der Waals surface area contributed by atoms with E-state index >= 15 is 0 Å². The lowest BCUT2D eigenvalue weighted by Gasteiger charge is -2.23. The Hall–Kier alpha value is -3.35. The molecule has 0 saturated carbocycles. The van der Waals surface area contributed by atoms with E-state index < -0.39 is 0 Å². The van der Waals surface area contributed by atoms with E-state index in [1.807, 2.05) is 60.4 Å². The third-order valence-corrected chi connectivity index (χ3v) is 4.93. The van der Waals surface area contributed by atoms with Gasteiger partial charge in [0.1, 0.15) is 12.3 Å². The first-order valence-electron chi connectivity index (χ1n) is 9.85. The second-order valence-electron chi connectivity index (χ2n) is 7.37. The van der Waals surface area contributed by atoms with Crippen LogP contribution >= 0.6 is 0 Å². The first-order chi connectivity index (χ1) is 14.1. The van der Waals surface area contributed by atoms with Crippen molar-refractivity contribution in [1.29, 1.82) is 0 Å². The third-order valence-electron chi connectivity index (χ3n) is 4.93. The normalized spacial score (nSPS) is 15.7. The van der Waals surface area contributed by atoms with Gasteiger partial charge in [0.15, 0.2) is 0 Å². The molecule has 2 aliphatic rings. The molecule has 2 aromatic rings. The number of hydrogen-bond acceptors (Lipinski definition) is 5. The van der Waals surface area contributed by atoms with Crippen LogP contribution in [0.3, 0.4) is 0 Å². The van der Waals surface area contributed by atoms with Crippen molar-refractivity contribution in [3.8, 4) is 5.75 Å². The molecule has 0 aliphatic carbocycles. The number of benzene rings is 2. The Morgan fingerprint density at radius 2 is 2.07 bits per heavy atom. The van der Waals surface area contributed by atoms with E-state index in [0.717, 1.165) is 35.5 Å². The lowest BCUT2D eigenvalue weighted by molar-refractivity contribution is -0.118. The average molecular weight is 392 g/mol. The fourth-order valence-electron chi connectivity index (χ4n) is 3.50. The zero-order valence-electron chi connectivity index (χ0n) is 16.4. The maximum absolute atomic E-state index is 12.0. The van der Waals surface area contributed by atoms with Gasteiger partial charge >= 0.3 is 0 Å². The van der Waals surface area contributed by atoms with E-state index in [2.05, 4.69) is 15.6 Å². The molecule has 150 valence electrons. The summed E-state index contributed by atoms with van der Waals surface area (Å²) in [5, 5.41) is 5.66. The number of amides is 2. The van der Waals surface area contributed by atoms with Gasteiger partial charge < -0.3 is 15.0 Å². The predicted molar refractivity (Wildman–Crippen MR) is 111 cm³/mol. The second kappa shape index (κ2) is 8.34. The molecule has 7 nitrogen and oxygen atoms in total. The van der Waals surface area contributed by atoms with Crippen LogP contribution < -0.4 is 15.4 Å². The molecule has 2 aliphatic heterocycles. The van der Waals surface area contributed by atoms with Gasteiger partial charge in [-0.3, -0.25) is 14.9 Å². The van der Waals surface area contributed by atoms with Gasteiger partial charge in [0.05, 0.1) is 11.8 Å². The third kappa shape index (κ3) is 4.74. The van der Waals surface area contributed by atoms with Gasteiger partial charge in [0, 0.05) is 24.2 Å². The van der Waals surface area contributed by atoms with Crippen molar-refractivity contribution >= 4 is 29.1 Å². The number of carbonyl (C=O) groups excluding carboxylic acids is 2. The first kappa shape index (κ1) is 19.0. The summed E-state index contributed by atoms with van der Waals surface area (Å²) in [5.41, 5.74) is 2.71. The minimum atomic E-state index is -0.0297. The molecule has 4 rings (SSSR count). The number of nitrogens with zero attached hydrogens (tertiary/aromatic N) is 2. The average Bonchev–Trinajstić information content (AvgIpc) is 3.05. The molecule has 0 bridgehead atoms. The zero-order valence-corrected chi connectivity index (χ0v) is 16.4. The summed E-state index contributed by atoms with van der Waals surface area (Å²) in [6.07, 6.45) is 1.99.